The molecule has 0 bridgehead atoms. The van der Waals surface area contributed by atoms with Crippen molar-refractivity contribution in [3.8, 4) is 5.69 Å². The molecular weight excluding hydrogens is 450 g/mol. The molecule has 2 aromatic carbocycles. The van der Waals surface area contributed by atoms with Gasteiger partial charge in [-0.05, 0) is 48.5 Å². The van der Waals surface area contributed by atoms with Crippen molar-refractivity contribution >= 4 is 44.1 Å². The molecule has 1 saturated heterocycles. The van der Waals surface area contributed by atoms with E-state index in [2.05, 4.69) is 32.7 Å². The monoisotopic (exact) mass is 477 g/mol. The molecule has 0 amide bonds. The molecule has 0 spiro atoms. The van der Waals surface area contributed by atoms with Gasteiger partial charge in [0, 0.05) is 68.1 Å². The quantitative estimate of drug-likeness (QED) is 0.441. The van der Waals surface area contributed by atoms with E-state index in [-0.39, 0.29) is 0 Å². The average molecular weight is 478 g/mol. The minimum Gasteiger partial charge on any atom is -0.369 e. The van der Waals surface area contributed by atoms with Crippen molar-refractivity contribution in [1.82, 2.24) is 19.9 Å². The Morgan fingerprint density at radius 2 is 1.79 bits per heavy atom. The summed E-state index contributed by atoms with van der Waals surface area (Å²) < 4.78 is 27.1. The minimum absolute atomic E-state index is 0.492. The molecule has 1 aliphatic heterocycles. The van der Waals surface area contributed by atoms with Crippen LogP contribution in [0.25, 0.3) is 16.7 Å². The van der Waals surface area contributed by atoms with E-state index in [4.69, 9.17) is 4.98 Å². The van der Waals surface area contributed by atoms with E-state index in [0.29, 0.717) is 11.6 Å². The van der Waals surface area contributed by atoms with Gasteiger partial charge in [0.15, 0.2) is 0 Å². The van der Waals surface area contributed by atoms with Crippen LogP contribution in [0.15, 0.2) is 67.0 Å². The normalized spacial score (nSPS) is 14.4. The SMILES string of the molecule is CN(c1cccc(-n2ccc3cnc(Nc4ccc(N5CCNCC5)cc4)nc32)c1)S(C)(=O)=O. The van der Waals surface area contributed by atoms with Gasteiger partial charge < -0.3 is 20.1 Å². The van der Waals surface area contributed by atoms with E-state index in [0.717, 1.165) is 48.6 Å². The molecule has 5 rings (SSSR count). The summed E-state index contributed by atoms with van der Waals surface area (Å²) >= 11 is 0. The second kappa shape index (κ2) is 8.96. The maximum absolute atomic E-state index is 12.0. The van der Waals surface area contributed by atoms with Crippen molar-refractivity contribution in [2.45, 2.75) is 0 Å². The third kappa shape index (κ3) is 4.55. The second-order valence-electron chi connectivity index (χ2n) is 8.32. The third-order valence-electron chi connectivity index (χ3n) is 6.00. The van der Waals surface area contributed by atoms with Crippen LogP contribution in [0.1, 0.15) is 0 Å². The topological polar surface area (TPSA) is 95.4 Å². The molecule has 3 heterocycles. The molecule has 176 valence electrons. The Morgan fingerprint density at radius 3 is 2.53 bits per heavy atom. The van der Waals surface area contributed by atoms with Crippen LogP contribution in [0.2, 0.25) is 0 Å². The molecule has 2 N–H and O–H groups in total. The van der Waals surface area contributed by atoms with Crippen LogP contribution in [0.4, 0.5) is 23.0 Å². The molecule has 0 atom stereocenters. The highest BCUT2D eigenvalue weighted by Gasteiger charge is 2.14. The van der Waals surface area contributed by atoms with Crippen molar-refractivity contribution in [2.75, 3.05) is 54.0 Å². The number of sulfonamides is 1. The average Bonchev–Trinajstić information content (AvgIpc) is 3.27. The van der Waals surface area contributed by atoms with Gasteiger partial charge in [0.05, 0.1) is 11.9 Å². The van der Waals surface area contributed by atoms with Crippen LogP contribution < -0.4 is 19.8 Å². The molecule has 0 unspecified atom stereocenters. The summed E-state index contributed by atoms with van der Waals surface area (Å²) in [6.07, 6.45) is 4.87. The Hall–Kier alpha value is -3.63. The molecule has 0 aliphatic carbocycles. The zero-order valence-electron chi connectivity index (χ0n) is 19.1. The number of rotatable bonds is 6. The lowest BCUT2D eigenvalue weighted by Crippen LogP contribution is -2.43. The lowest BCUT2D eigenvalue weighted by atomic mass is 10.2. The molecule has 0 radical (unpaired) electrons. The van der Waals surface area contributed by atoms with E-state index >= 15 is 0 Å². The van der Waals surface area contributed by atoms with Crippen LogP contribution in [0.5, 0.6) is 0 Å². The first-order valence-corrected chi connectivity index (χ1v) is 12.9. The van der Waals surface area contributed by atoms with Gasteiger partial charge in [-0.15, -0.1) is 0 Å². The van der Waals surface area contributed by atoms with Gasteiger partial charge in [-0.1, -0.05) is 6.07 Å². The number of benzene rings is 2. The number of aromatic nitrogens is 3. The van der Waals surface area contributed by atoms with Gasteiger partial charge in [0.1, 0.15) is 5.65 Å². The fourth-order valence-corrected chi connectivity index (χ4v) is 4.52. The Kier molecular flexibility index (Phi) is 5.84. The van der Waals surface area contributed by atoms with Gasteiger partial charge in [-0.2, -0.15) is 4.98 Å². The fourth-order valence-electron chi connectivity index (χ4n) is 4.02. The van der Waals surface area contributed by atoms with Gasteiger partial charge >= 0.3 is 0 Å². The molecular formula is C24H27N7O2S. The van der Waals surface area contributed by atoms with Crippen molar-refractivity contribution in [1.29, 1.82) is 0 Å². The number of hydrogen-bond acceptors (Lipinski definition) is 7. The van der Waals surface area contributed by atoms with Gasteiger partial charge in [0.2, 0.25) is 16.0 Å². The zero-order valence-corrected chi connectivity index (χ0v) is 20.0. The van der Waals surface area contributed by atoms with Crippen LogP contribution in [0, 0.1) is 0 Å². The summed E-state index contributed by atoms with van der Waals surface area (Å²) in [7, 11) is -1.81. The first kappa shape index (κ1) is 22.2. The lowest BCUT2D eigenvalue weighted by molar-refractivity contribution is 0.589. The smallest absolute Gasteiger partial charge is 0.231 e. The maximum atomic E-state index is 12.0. The maximum Gasteiger partial charge on any atom is 0.231 e. The van der Waals surface area contributed by atoms with E-state index < -0.39 is 10.0 Å². The molecule has 1 fully saturated rings. The minimum atomic E-state index is -3.35. The highest BCUT2D eigenvalue weighted by molar-refractivity contribution is 7.92. The fraction of sp³-hybridized carbons (Fsp3) is 0.250. The van der Waals surface area contributed by atoms with Crippen LogP contribution in [0.3, 0.4) is 0 Å². The van der Waals surface area contributed by atoms with Gasteiger partial charge in [0.25, 0.3) is 0 Å². The lowest BCUT2D eigenvalue weighted by Gasteiger charge is -2.29. The predicted molar refractivity (Wildman–Crippen MR) is 137 cm³/mol. The van der Waals surface area contributed by atoms with Crippen LogP contribution >= 0.6 is 0 Å². The van der Waals surface area contributed by atoms with Crippen molar-refractivity contribution in [3.05, 3.63) is 67.0 Å². The molecule has 0 saturated carbocycles. The predicted octanol–water partition coefficient (Wildman–Crippen LogP) is 2.97. The molecule has 4 aromatic rings. The highest BCUT2D eigenvalue weighted by Crippen LogP contribution is 2.25. The summed E-state index contributed by atoms with van der Waals surface area (Å²) in [6, 6.07) is 17.6. The third-order valence-corrected chi connectivity index (χ3v) is 7.21. The van der Waals surface area contributed by atoms with Crippen molar-refractivity contribution in [3.63, 3.8) is 0 Å². The Bertz CT molecular complexity index is 1410. The largest absolute Gasteiger partial charge is 0.369 e. The van der Waals surface area contributed by atoms with E-state index in [9.17, 15) is 8.42 Å². The van der Waals surface area contributed by atoms with Crippen LogP contribution in [-0.2, 0) is 10.0 Å². The Balaban J connectivity index is 1.40. The second-order valence-corrected chi connectivity index (χ2v) is 10.3. The summed E-state index contributed by atoms with van der Waals surface area (Å²) in [5.41, 5.74) is 4.24. The number of nitrogens with zero attached hydrogens (tertiary/aromatic N) is 5. The molecule has 10 heteroatoms. The van der Waals surface area contributed by atoms with Crippen molar-refractivity contribution < 1.29 is 8.42 Å². The zero-order chi connectivity index (χ0) is 23.7. The first-order chi connectivity index (χ1) is 16.4. The number of hydrogen-bond donors (Lipinski definition) is 2. The van der Waals surface area contributed by atoms with E-state index in [1.54, 1.807) is 19.3 Å². The van der Waals surface area contributed by atoms with E-state index in [1.807, 2.05) is 47.2 Å². The highest BCUT2D eigenvalue weighted by atomic mass is 32.2. The summed E-state index contributed by atoms with van der Waals surface area (Å²) in [6.45, 7) is 4.01. The summed E-state index contributed by atoms with van der Waals surface area (Å²) in [5.74, 6) is 0.492. The Morgan fingerprint density at radius 1 is 1.03 bits per heavy atom. The molecule has 1 aliphatic rings. The number of fused-ring (bicyclic) bond motifs is 1. The van der Waals surface area contributed by atoms with Gasteiger partial charge in [-0.25, -0.2) is 13.4 Å². The number of nitrogens with one attached hydrogen (secondary N) is 2. The summed E-state index contributed by atoms with van der Waals surface area (Å²) in [5, 5.41) is 7.55. The summed E-state index contributed by atoms with van der Waals surface area (Å²) in [4.78, 5) is 11.6. The number of anilines is 4. The Labute approximate surface area is 199 Å². The van der Waals surface area contributed by atoms with Gasteiger partial charge in [-0.3, -0.25) is 4.31 Å². The van der Waals surface area contributed by atoms with E-state index in [1.165, 1.54) is 16.2 Å². The standard InChI is InChI=1S/C24H27N7O2S/c1-29(34(2,32)33)21-4-3-5-22(16-21)31-13-10-18-17-26-24(28-23(18)31)27-19-6-8-20(9-7-19)30-14-11-25-12-15-30/h3-10,13,16-17,25H,11-12,14-15H2,1-2H3,(H,26,27,28). The molecule has 2 aromatic heterocycles. The van der Waals surface area contributed by atoms with Crippen LogP contribution in [-0.4, -0.2) is 62.4 Å². The first-order valence-electron chi connectivity index (χ1n) is 11.1. The molecule has 34 heavy (non-hydrogen) atoms. The molecule has 9 nitrogen and oxygen atoms in total. The number of piperazine rings is 1. The van der Waals surface area contributed by atoms with Crippen molar-refractivity contribution in [2.24, 2.45) is 0 Å².